The maximum atomic E-state index is 14.3. The minimum absolute atomic E-state index is 0. The Hall–Kier alpha value is -6.96. The summed E-state index contributed by atoms with van der Waals surface area (Å²) in [6, 6.07) is 49.1. The summed E-state index contributed by atoms with van der Waals surface area (Å²) in [6.45, 7) is 13.3. The van der Waals surface area contributed by atoms with Crippen molar-refractivity contribution in [1.29, 1.82) is 0 Å². The number of rotatable bonds is 4. The van der Waals surface area contributed by atoms with Crippen molar-refractivity contribution in [3.8, 4) is 34.0 Å². The first-order chi connectivity index (χ1) is 31.6. The van der Waals surface area contributed by atoms with Crippen molar-refractivity contribution in [3.05, 3.63) is 168 Å². The van der Waals surface area contributed by atoms with Gasteiger partial charge in [0.15, 0.2) is 0 Å². The zero-order valence-electron chi connectivity index (χ0n) is 37.5. The first kappa shape index (κ1) is 42.7. The van der Waals surface area contributed by atoms with Gasteiger partial charge in [-0.2, -0.15) is 13.2 Å². The molecule has 12 rings (SSSR count). The number of hydrogen-bond donors (Lipinski definition) is 0. The second-order valence-electron chi connectivity index (χ2n) is 19.3. The van der Waals surface area contributed by atoms with Crippen LogP contribution in [0.5, 0.6) is 0 Å². The van der Waals surface area contributed by atoms with Gasteiger partial charge in [0.2, 0.25) is 0 Å². The number of imidazole rings is 1. The fourth-order valence-corrected chi connectivity index (χ4v) is 9.85. The summed E-state index contributed by atoms with van der Waals surface area (Å²) in [4.78, 5) is 15.4. The van der Waals surface area contributed by atoms with E-state index >= 15 is 0 Å². The maximum Gasteiger partial charge on any atom is 2.00 e. The first-order valence-corrected chi connectivity index (χ1v) is 22.1. The Kier molecular flexibility index (Phi) is 9.57. The van der Waals surface area contributed by atoms with E-state index in [9.17, 15) is 13.2 Å². The second kappa shape index (κ2) is 15.0. The number of para-hydroxylation sites is 3. The first-order valence-electron chi connectivity index (χ1n) is 22.1. The number of alkyl halides is 3. The van der Waals surface area contributed by atoms with Crippen LogP contribution in [-0.2, 0) is 38.1 Å². The molecule has 12 aromatic rings. The third-order valence-electron chi connectivity index (χ3n) is 13.1. The summed E-state index contributed by atoms with van der Waals surface area (Å²) in [6.07, 6.45) is -3.36. The van der Waals surface area contributed by atoms with Crippen LogP contribution in [0.25, 0.3) is 111 Å². The van der Waals surface area contributed by atoms with Crippen LogP contribution >= 0.6 is 0 Å². The van der Waals surface area contributed by atoms with E-state index < -0.39 is 11.7 Å². The minimum atomic E-state index is -4.57. The van der Waals surface area contributed by atoms with Crippen molar-refractivity contribution in [2.24, 2.45) is 0 Å². The summed E-state index contributed by atoms with van der Waals surface area (Å²) in [5, 5.41) is 5.74. The summed E-state index contributed by atoms with van der Waals surface area (Å²) >= 11 is 0. The van der Waals surface area contributed by atoms with E-state index in [-0.39, 0.29) is 37.7 Å². The molecule has 0 unspecified atom stereocenters. The van der Waals surface area contributed by atoms with Gasteiger partial charge in [-0.3, -0.25) is 4.57 Å². The van der Waals surface area contributed by atoms with Crippen molar-refractivity contribution in [2.45, 2.75) is 58.5 Å². The number of hydrogen-bond acceptors (Lipinski definition) is 3. The van der Waals surface area contributed by atoms with E-state index in [2.05, 4.69) is 130 Å². The molecule has 0 N–H and O–H groups in total. The van der Waals surface area contributed by atoms with E-state index in [1.807, 2.05) is 54.6 Å². The predicted molar refractivity (Wildman–Crippen MR) is 261 cm³/mol. The topological polar surface area (TPSA) is 62.9 Å². The number of pyridine rings is 1. The molecule has 0 atom stereocenters. The normalized spacial score (nSPS) is 12.7. The van der Waals surface area contributed by atoms with Crippen molar-refractivity contribution >= 4 is 76.6 Å². The van der Waals surface area contributed by atoms with Crippen LogP contribution in [0.2, 0.25) is 0 Å². The molecule has 67 heavy (non-hydrogen) atoms. The molecule has 0 amide bonds. The van der Waals surface area contributed by atoms with Crippen molar-refractivity contribution in [3.63, 3.8) is 0 Å². The van der Waals surface area contributed by atoms with Gasteiger partial charge < -0.3 is 14.0 Å². The van der Waals surface area contributed by atoms with Gasteiger partial charge >= 0.3 is 27.2 Å². The van der Waals surface area contributed by atoms with Crippen LogP contribution in [0, 0.1) is 6.07 Å². The molecule has 0 spiro atoms. The van der Waals surface area contributed by atoms with Crippen LogP contribution in [0.15, 0.2) is 150 Å². The molecule has 0 saturated carbocycles. The number of aromatic nitrogens is 5. The van der Waals surface area contributed by atoms with Gasteiger partial charge in [0, 0.05) is 39.8 Å². The average molecular weight is 1070 g/mol. The molecule has 332 valence electrons. The quantitative estimate of drug-likeness (QED) is 0.165. The van der Waals surface area contributed by atoms with E-state index in [4.69, 9.17) is 14.4 Å². The molecular formula is C57H42F3N5OPt. The van der Waals surface area contributed by atoms with Gasteiger partial charge in [-0.25, -0.2) is 9.97 Å². The van der Waals surface area contributed by atoms with Crippen molar-refractivity contribution in [1.82, 2.24) is 24.1 Å². The Balaban J connectivity index is 0.00000494. The molecule has 6 nitrogen and oxygen atoms in total. The fraction of sp³-hybridized carbons (Fsp3) is 0.158. The number of halogens is 3. The summed E-state index contributed by atoms with van der Waals surface area (Å²) in [5.74, 6) is 0.863. The van der Waals surface area contributed by atoms with E-state index in [0.717, 1.165) is 100 Å². The summed E-state index contributed by atoms with van der Waals surface area (Å²) in [7, 11) is 0. The molecule has 10 heteroatoms. The van der Waals surface area contributed by atoms with E-state index in [1.54, 1.807) is 4.57 Å². The molecule has 0 aliphatic heterocycles. The van der Waals surface area contributed by atoms with Gasteiger partial charge in [-0.1, -0.05) is 131 Å². The van der Waals surface area contributed by atoms with Crippen LogP contribution in [0.1, 0.15) is 58.2 Å². The molecule has 0 fully saturated rings. The molecule has 0 saturated heterocycles. The van der Waals surface area contributed by atoms with Crippen LogP contribution in [0.4, 0.5) is 13.2 Å². The van der Waals surface area contributed by atoms with Gasteiger partial charge in [0.05, 0.1) is 16.6 Å². The SMILES string of the molecule is CC(C)(C)c1cccc(-n2c(-c3cccc4c3[n-]c3cccc(C(C)(C)C)c34)nc3c(-c4[c-]c5c(cc4)c4cc6c(cc4n5-c4cc(C(F)(F)F)ccn4)oc4ccccc46)cccc32)c1.[Pt+2]. The predicted octanol–water partition coefficient (Wildman–Crippen LogP) is 15.4. The summed E-state index contributed by atoms with van der Waals surface area (Å²) < 4.78 is 53.2. The minimum Gasteiger partial charge on any atom is -0.656 e. The van der Waals surface area contributed by atoms with Gasteiger partial charge in [0.25, 0.3) is 0 Å². The Morgan fingerprint density at radius 3 is 2.16 bits per heavy atom. The van der Waals surface area contributed by atoms with Crippen molar-refractivity contribution < 1.29 is 38.7 Å². The number of furan rings is 1. The fourth-order valence-electron chi connectivity index (χ4n) is 9.85. The van der Waals surface area contributed by atoms with Crippen LogP contribution in [-0.4, -0.2) is 19.1 Å². The second-order valence-corrected chi connectivity index (χ2v) is 19.3. The Bertz CT molecular complexity index is 3970. The standard InChI is InChI=1S/C57H42F3N5O.Pt/c1-55(2,3)33-13-9-14-35(28-33)64-45-21-11-16-36(53(45)63-54(64)40-18-10-17-39-51-43(56(4,5)6)19-12-20-44(51)62-52(39)40)32-23-24-37-41-30-42-38-15-7-8-22-48(38)66-49(42)31-47(41)65(46(37)27-32)50-29-34(25-26-61-50)57(58,59)60;/h7-26,28-31H,1-6H3;/q-2;+2. The molecule has 7 aromatic carbocycles. The molecular weight excluding hydrogens is 1020 g/mol. The maximum absolute atomic E-state index is 14.3. The third kappa shape index (κ3) is 6.72. The van der Waals surface area contributed by atoms with E-state index in [0.29, 0.717) is 16.6 Å². The Labute approximate surface area is 398 Å². The van der Waals surface area contributed by atoms with Crippen molar-refractivity contribution in [2.75, 3.05) is 0 Å². The molecule has 0 aliphatic rings. The zero-order valence-corrected chi connectivity index (χ0v) is 39.7. The number of nitrogens with zero attached hydrogens (tertiary/aromatic N) is 5. The Morgan fingerprint density at radius 2 is 1.36 bits per heavy atom. The molecule has 0 radical (unpaired) electrons. The Morgan fingerprint density at radius 1 is 0.597 bits per heavy atom. The molecule has 5 heterocycles. The monoisotopic (exact) mass is 1060 g/mol. The number of fused-ring (bicyclic) bond motifs is 10. The van der Waals surface area contributed by atoms with Crippen LogP contribution < -0.4 is 4.98 Å². The molecule has 5 aromatic heterocycles. The van der Waals surface area contributed by atoms with Gasteiger partial charge in [-0.15, -0.1) is 34.8 Å². The van der Waals surface area contributed by atoms with Crippen LogP contribution in [0.3, 0.4) is 0 Å². The van der Waals surface area contributed by atoms with Gasteiger partial charge in [0.1, 0.15) is 22.8 Å². The van der Waals surface area contributed by atoms with E-state index in [1.165, 1.54) is 17.3 Å². The molecule has 0 aliphatic carbocycles. The summed E-state index contributed by atoms with van der Waals surface area (Å²) in [5.41, 5.74) is 10.8. The largest absolute Gasteiger partial charge is 2.00 e. The molecule has 0 bridgehead atoms. The average Bonchev–Trinajstić information content (AvgIpc) is 4.06. The van der Waals surface area contributed by atoms with Gasteiger partial charge in [-0.05, 0) is 86.1 Å². The smallest absolute Gasteiger partial charge is 0.656 e. The zero-order chi connectivity index (χ0) is 45.4. The number of benzene rings is 7. The third-order valence-corrected chi connectivity index (χ3v) is 13.1.